The van der Waals surface area contributed by atoms with Crippen molar-refractivity contribution in [2.24, 2.45) is 5.10 Å². The van der Waals surface area contributed by atoms with E-state index in [1.54, 1.807) is 0 Å². The molecule has 2 rings (SSSR count). The molecule has 0 unspecified atom stereocenters. The van der Waals surface area contributed by atoms with Crippen molar-refractivity contribution in [1.29, 1.82) is 0 Å². The summed E-state index contributed by atoms with van der Waals surface area (Å²) in [4.78, 5) is 13.8. The van der Waals surface area contributed by atoms with Crippen LogP contribution in [0.25, 0.3) is 0 Å². The summed E-state index contributed by atoms with van der Waals surface area (Å²) in [5, 5.41) is 14.1. The molecule has 7 heteroatoms. The largest absolute Gasteiger partial charge is 0.506 e. The second kappa shape index (κ2) is 7.64. The van der Waals surface area contributed by atoms with E-state index in [0.29, 0.717) is 17.1 Å². The van der Waals surface area contributed by atoms with Crippen LogP contribution >= 0.6 is 23.2 Å². The third-order valence-electron chi connectivity index (χ3n) is 3.27. The third-order valence-corrected chi connectivity index (χ3v) is 3.77. The monoisotopic (exact) mass is 329 g/mol. The first-order valence-corrected chi connectivity index (χ1v) is 7.54. The lowest BCUT2D eigenvalue weighted by molar-refractivity contribution is -0.122. The third kappa shape index (κ3) is 4.88. The lowest BCUT2D eigenvalue weighted by Crippen LogP contribution is -2.38. The molecule has 2 N–H and O–H groups in total. The van der Waals surface area contributed by atoms with Gasteiger partial charge in [-0.15, -0.1) is 0 Å². The van der Waals surface area contributed by atoms with E-state index in [1.165, 1.54) is 24.8 Å². The second-order valence-corrected chi connectivity index (χ2v) is 5.80. The number of nitrogens with zero attached hydrogens (tertiary/aromatic N) is 2. The molecule has 0 radical (unpaired) electrons. The number of likely N-dealkylation sites (tertiary alicyclic amines) is 1. The van der Waals surface area contributed by atoms with Crippen LogP contribution < -0.4 is 5.43 Å². The van der Waals surface area contributed by atoms with Crippen LogP contribution in [0.15, 0.2) is 17.2 Å². The van der Waals surface area contributed by atoms with Crippen molar-refractivity contribution in [1.82, 2.24) is 10.3 Å². The minimum absolute atomic E-state index is 0.116. The van der Waals surface area contributed by atoms with Gasteiger partial charge >= 0.3 is 0 Å². The average molecular weight is 330 g/mol. The van der Waals surface area contributed by atoms with Gasteiger partial charge in [0, 0.05) is 10.6 Å². The molecule has 0 bridgehead atoms. The molecule has 1 aliphatic heterocycles. The van der Waals surface area contributed by atoms with Gasteiger partial charge in [-0.3, -0.25) is 9.69 Å². The van der Waals surface area contributed by atoms with Crippen molar-refractivity contribution in [3.63, 3.8) is 0 Å². The topological polar surface area (TPSA) is 64.9 Å². The molecule has 0 atom stereocenters. The first kappa shape index (κ1) is 16.1. The van der Waals surface area contributed by atoms with Gasteiger partial charge in [0.15, 0.2) is 0 Å². The number of amides is 1. The van der Waals surface area contributed by atoms with E-state index in [0.717, 1.165) is 25.9 Å². The zero-order valence-corrected chi connectivity index (χ0v) is 13.0. The summed E-state index contributed by atoms with van der Waals surface area (Å²) >= 11 is 11.6. The SMILES string of the molecule is O=C(CN1CCCCC1)N/N=C\c1cc(Cl)cc(Cl)c1O. The predicted octanol–water partition coefficient (Wildman–Crippen LogP) is 2.64. The summed E-state index contributed by atoms with van der Waals surface area (Å²) in [7, 11) is 0. The predicted molar refractivity (Wildman–Crippen MR) is 84.2 cm³/mol. The van der Waals surface area contributed by atoms with Gasteiger partial charge in [0.2, 0.25) is 0 Å². The van der Waals surface area contributed by atoms with Gasteiger partial charge in [-0.2, -0.15) is 5.10 Å². The minimum Gasteiger partial charge on any atom is -0.506 e. The number of halogens is 2. The van der Waals surface area contributed by atoms with E-state index < -0.39 is 0 Å². The highest BCUT2D eigenvalue weighted by atomic mass is 35.5. The van der Waals surface area contributed by atoms with Crippen molar-refractivity contribution < 1.29 is 9.90 Å². The number of piperidine rings is 1. The van der Waals surface area contributed by atoms with Crippen molar-refractivity contribution >= 4 is 35.3 Å². The Balaban J connectivity index is 1.88. The van der Waals surface area contributed by atoms with Gasteiger partial charge in [-0.25, -0.2) is 5.43 Å². The highest BCUT2D eigenvalue weighted by Crippen LogP contribution is 2.29. The fourth-order valence-electron chi connectivity index (χ4n) is 2.21. The standard InChI is InChI=1S/C14H17Cl2N3O2/c15-11-6-10(14(21)12(16)7-11)8-17-18-13(20)9-19-4-2-1-3-5-19/h6-8,21H,1-5,9H2,(H,18,20)/b17-8-. The summed E-state index contributed by atoms with van der Waals surface area (Å²) in [6, 6.07) is 2.95. The van der Waals surface area contributed by atoms with Gasteiger partial charge < -0.3 is 5.11 Å². The Hall–Kier alpha value is -1.30. The van der Waals surface area contributed by atoms with Crippen LogP contribution in [-0.2, 0) is 4.79 Å². The lowest BCUT2D eigenvalue weighted by Gasteiger charge is -2.25. The highest BCUT2D eigenvalue weighted by molar-refractivity contribution is 6.36. The number of hydrogen-bond acceptors (Lipinski definition) is 4. The molecular weight excluding hydrogens is 313 g/mol. The molecular formula is C14H17Cl2N3O2. The molecule has 1 aliphatic rings. The van der Waals surface area contributed by atoms with E-state index in [1.807, 2.05) is 0 Å². The number of benzene rings is 1. The number of carbonyl (C=O) groups excluding carboxylic acids is 1. The average Bonchev–Trinajstić information content (AvgIpc) is 2.45. The second-order valence-electron chi connectivity index (χ2n) is 4.96. The molecule has 114 valence electrons. The number of phenolic OH excluding ortho intramolecular Hbond substituents is 1. The van der Waals surface area contributed by atoms with Gasteiger partial charge in [-0.05, 0) is 38.1 Å². The van der Waals surface area contributed by atoms with Crippen LogP contribution in [0.5, 0.6) is 5.75 Å². The fourth-order valence-corrected chi connectivity index (χ4v) is 2.72. The Labute approximate surface area is 133 Å². The first-order chi connectivity index (χ1) is 10.1. The van der Waals surface area contributed by atoms with Crippen LogP contribution in [-0.4, -0.2) is 41.8 Å². The minimum atomic E-state index is -0.180. The Kier molecular flexibility index (Phi) is 5.85. The number of aromatic hydroxyl groups is 1. The van der Waals surface area contributed by atoms with Crippen molar-refractivity contribution in [3.05, 3.63) is 27.7 Å². The Morgan fingerprint density at radius 1 is 1.33 bits per heavy atom. The summed E-state index contributed by atoms with van der Waals surface area (Å²) in [6.07, 6.45) is 4.81. The van der Waals surface area contributed by atoms with Crippen LogP contribution in [0.1, 0.15) is 24.8 Å². The fraction of sp³-hybridized carbons (Fsp3) is 0.429. The Bertz CT molecular complexity index is 543. The van der Waals surface area contributed by atoms with Gasteiger partial charge in [0.25, 0.3) is 5.91 Å². The molecule has 0 aromatic heterocycles. The Morgan fingerprint density at radius 2 is 2.05 bits per heavy atom. The van der Waals surface area contributed by atoms with Gasteiger partial charge in [0.1, 0.15) is 5.75 Å². The number of nitrogens with one attached hydrogen (secondary N) is 1. The van der Waals surface area contributed by atoms with Gasteiger partial charge in [0.05, 0.1) is 17.8 Å². The maximum atomic E-state index is 11.7. The molecule has 0 spiro atoms. The van der Waals surface area contributed by atoms with Crippen molar-refractivity contribution in [3.8, 4) is 5.75 Å². The zero-order chi connectivity index (χ0) is 15.2. The van der Waals surface area contributed by atoms with Crippen LogP contribution in [0.3, 0.4) is 0 Å². The van der Waals surface area contributed by atoms with E-state index in [9.17, 15) is 9.90 Å². The lowest BCUT2D eigenvalue weighted by atomic mass is 10.1. The highest BCUT2D eigenvalue weighted by Gasteiger charge is 2.13. The number of rotatable bonds is 4. The van der Waals surface area contributed by atoms with Gasteiger partial charge in [-0.1, -0.05) is 29.6 Å². The summed E-state index contributed by atoms with van der Waals surface area (Å²) in [5.41, 5.74) is 2.79. The maximum absolute atomic E-state index is 11.7. The zero-order valence-electron chi connectivity index (χ0n) is 11.5. The number of phenols is 1. The molecule has 21 heavy (non-hydrogen) atoms. The van der Waals surface area contributed by atoms with E-state index in [4.69, 9.17) is 23.2 Å². The molecule has 1 aromatic carbocycles. The Morgan fingerprint density at radius 3 is 2.76 bits per heavy atom. The maximum Gasteiger partial charge on any atom is 0.254 e. The van der Waals surface area contributed by atoms with Crippen molar-refractivity contribution in [2.45, 2.75) is 19.3 Å². The molecule has 0 aliphatic carbocycles. The normalized spacial score (nSPS) is 16.3. The molecule has 1 aromatic rings. The van der Waals surface area contributed by atoms with E-state index >= 15 is 0 Å². The molecule has 1 heterocycles. The molecule has 1 saturated heterocycles. The van der Waals surface area contributed by atoms with Crippen LogP contribution in [0.2, 0.25) is 10.0 Å². The summed E-state index contributed by atoms with van der Waals surface area (Å²) in [5.74, 6) is -0.295. The smallest absolute Gasteiger partial charge is 0.254 e. The summed E-state index contributed by atoms with van der Waals surface area (Å²) < 4.78 is 0. The number of hydrazone groups is 1. The van der Waals surface area contributed by atoms with Crippen molar-refractivity contribution in [2.75, 3.05) is 19.6 Å². The number of hydrogen-bond donors (Lipinski definition) is 2. The molecule has 0 saturated carbocycles. The molecule has 1 fully saturated rings. The van der Waals surface area contributed by atoms with Crippen LogP contribution in [0, 0.1) is 0 Å². The van der Waals surface area contributed by atoms with E-state index in [2.05, 4.69) is 15.4 Å². The van der Waals surface area contributed by atoms with E-state index in [-0.39, 0.29) is 16.7 Å². The van der Waals surface area contributed by atoms with Crippen LogP contribution in [0.4, 0.5) is 0 Å². The summed E-state index contributed by atoms with van der Waals surface area (Å²) in [6.45, 7) is 2.23. The number of carbonyl (C=O) groups is 1. The first-order valence-electron chi connectivity index (χ1n) is 6.78. The quantitative estimate of drug-likeness (QED) is 0.659. The molecule has 5 nitrogen and oxygen atoms in total. The molecule has 1 amide bonds.